The van der Waals surface area contributed by atoms with Crippen molar-refractivity contribution in [3.63, 3.8) is 0 Å². The highest BCUT2D eigenvalue weighted by Gasteiger charge is 2.25. The molecular weight excluding hydrogens is 330 g/mol. The van der Waals surface area contributed by atoms with Gasteiger partial charge < -0.3 is 19.9 Å². The molecule has 0 bridgehead atoms. The quantitative estimate of drug-likeness (QED) is 0.861. The Bertz CT molecular complexity index is 718. The largest absolute Gasteiger partial charge is 0.378 e. The number of nitrogens with zero attached hydrogens (tertiary/aromatic N) is 6. The number of hydrogen-bond donors (Lipinski definition) is 1. The third-order valence-electron chi connectivity index (χ3n) is 4.88. The maximum absolute atomic E-state index is 5.41. The molecule has 0 spiro atoms. The maximum Gasteiger partial charge on any atom is 0.225 e. The fraction of sp³-hybridized carbons (Fsp3) is 0.556. The van der Waals surface area contributed by atoms with Gasteiger partial charge in [-0.25, -0.2) is 15.0 Å². The third kappa shape index (κ3) is 3.85. The molecule has 4 rings (SSSR count). The van der Waals surface area contributed by atoms with Crippen LogP contribution in [-0.4, -0.2) is 65.4 Å². The second kappa shape index (κ2) is 7.82. The maximum atomic E-state index is 5.41. The second-order valence-electron chi connectivity index (χ2n) is 6.66. The van der Waals surface area contributed by atoms with Gasteiger partial charge in [0.25, 0.3) is 0 Å². The fourth-order valence-corrected chi connectivity index (χ4v) is 3.32. The van der Waals surface area contributed by atoms with Crippen LogP contribution in [0.15, 0.2) is 24.7 Å². The predicted molar refractivity (Wildman–Crippen MR) is 101 cm³/mol. The number of anilines is 3. The summed E-state index contributed by atoms with van der Waals surface area (Å²) in [5.74, 6) is 2.44. The monoisotopic (exact) mass is 355 g/mol. The molecule has 4 heterocycles. The Hall–Kier alpha value is -2.48. The Labute approximate surface area is 153 Å². The van der Waals surface area contributed by atoms with Crippen LogP contribution in [0.3, 0.4) is 0 Å². The Balaban J connectivity index is 1.37. The molecule has 1 unspecified atom stereocenters. The number of morpholine rings is 1. The van der Waals surface area contributed by atoms with Crippen LogP contribution in [0, 0.1) is 0 Å². The summed E-state index contributed by atoms with van der Waals surface area (Å²) in [6.45, 7) is 7.15. The molecule has 138 valence electrons. The summed E-state index contributed by atoms with van der Waals surface area (Å²) in [7, 11) is 0. The molecule has 26 heavy (non-hydrogen) atoms. The van der Waals surface area contributed by atoms with Gasteiger partial charge >= 0.3 is 0 Å². The zero-order valence-corrected chi connectivity index (χ0v) is 15.1. The molecule has 1 N–H and O–H groups in total. The molecule has 0 amide bonds. The molecule has 0 aromatic carbocycles. The Kier molecular flexibility index (Phi) is 5.10. The van der Waals surface area contributed by atoms with Gasteiger partial charge in [0.15, 0.2) is 0 Å². The van der Waals surface area contributed by atoms with Crippen LogP contribution in [0.1, 0.15) is 18.9 Å². The van der Waals surface area contributed by atoms with Crippen LogP contribution in [0.4, 0.5) is 17.7 Å². The molecule has 2 saturated heterocycles. The highest BCUT2D eigenvalue weighted by atomic mass is 16.5. The lowest BCUT2D eigenvalue weighted by Crippen LogP contribution is -2.37. The lowest BCUT2D eigenvalue weighted by Gasteiger charge is -2.28. The van der Waals surface area contributed by atoms with E-state index < -0.39 is 0 Å². The van der Waals surface area contributed by atoms with Gasteiger partial charge in [0.2, 0.25) is 11.9 Å². The number of ether oxygens (including phenoxy) is 1. The first kappa shape index (κ1) is 17.0. The number of aromatic nitrogens is 4. The first-order chi connectivity index (χ1) is 12.8. The predicted octanol–water partition coefficient (Wildman–Crippen LogP) is 1.36. The molecule has 2 aliphatic heterocycles. The number of aryl methyl sites for hydroxylation is 1. The minimum atomic E-state index is 0.296. The van der Waals surface area contributed by atoms with Crippen LogP contribution in [0.2, 0.25) is 0 Å². The van der Waals surface area contributed by atoms with Gasteiger partial charge in [-0.15, -0.1) is 0 Å². The number of nitrogens with one attached hydrogen (secondary N) is 1. The molecular formula is C18H25N7O. The van der Waals surface area contributed by atoms with Crippen molar-refractivity contribution in [2.75, 3.05) is 54.5 Å². The van der Waals surface area contributed by atoms with Gasteiger partial charge in [-0.2, -0.15) is 4.98 Å². The van der Waals surface area contributed by atoms with E-state index >= 15 is 0 Å². The SMILES string of the molecule is CCc1cnc(N2CCC(Nc3nccc(N4CCOCC4)n3)C2)nc1. The zero-order chi connectivity index (χ0) is 17.8. The average Bonchev–Trinajstić information content (AvgIpc) is 3.17. The van der Waals surface area contributed by atoms with E-state index in [0.29, 0.717) is 12.0 Å². The van der Waals surface area contributed by atoms with Crippen molar-refractivity contribution in [1.29, 1.82) is 0 Å². The lowest BCUT2D eigenvalue weighted by atomic mass is 10.3. The first-order valence-electron chi connectivity index (χ1n) is 9.30. The minimum absolute atomic E-state index is 0.296. The Morgan fingerprint density at radius 3 is 2.69 bits per heavy atom. The molecule has 0 saturated carbocycles. The van der Waals surface area contributed by atoms with Crippen molar-refractivity contribution in [3.8, 4) is 0 Å². The van der Waals surface area contributed by atoms with Crippen molar-refractivity contribution >= 4 is 17.7 Å². The van der Waals surface area contributed by atoms with Crippen LogP contribution in [-0.2, 0) is 11.2 Å². The van der Waals surface area contributed by atoms with Gasteiger partial charge in [0, 0.05) is 50.8 Å². The van der Waals surface area contributed by atoms with Crippen molar-refractivity contribution in [2.45, 2.75) is 25.8 Å². The Morgan fingerprint density at radius 2 is 1.92 bits per heavy atom. The Morgan fingerprint density at radius 1 is 1.12 bits per heavy atom. The van der Waals surface area contributed by atoms with Crippen molar-refractivity contribution < 1.29 is 4.74 Å². The van der Waals surface area contributed by atoms with E-state index in [4.69, 9.17) is 4.74 Å². The number of rotatable bonds is 5. The van der Waals surface area contributed by atoms with Crippen molar-refractivity contribution in [2.24, 2.45) is 0 Å². The molecule has 0 aliphatic carbocycles. The van der Waals surface area contributed by atoms with Gasteiger partial charge in [-0.3, -0.25) is 0 Å². The summed E-state index contributed by atoms with van der Waals surface area (Å²) < 4.78 is 5.41. The van der Waals surface area contributed by atoms with Crippen molar-refractivity contribution in [3.05, 3.63) is 30.2 Å². The van der Waals surface area contributed by atoms with E-state index in [2.05, 4.69) is 42.0 Å². The van der Waals surface area contributed by atoms with Gasteiger partial charge in [0.05, 0.1) is 13.2 Å². The van der Waals surface area contributed by atoms with E-state index in [1.807, 2.05) is 24.7 Å². The molecule has 8 nitrogen and oxygen atoms in total. The standard InChI is InChI=1S/C18H25N7O/c1-2-14-11-20-18(21-12-14)25-6-4-15(13-25)22-17-19-5-3-16(23-17)24-7-9-26-10-8-24/h3,5,11-12,15H,2,4,6-10,13H2,1H3,(H,19,22,23). The second-order valence-corrected chi connectivity index (χ2v) is 6.66. The molecule has 1 atom stereocenters. The van der Waals surface area contributed by atoms with Gasteiger partial charge in [-0.1, -0.05) is 6.92 Å². The summed E-state index contributed by atoms with van der Waals surface area (Å²) in [5, 5.41) is 3.47. The van der Waals surface area contributed by atoms with E-state index in [0.717, 1.165) is 69.6 Å². The lowest BCUT2D eigenvalue weighted by molar-refractivity contribution is 0.122. The highest BCUT2D eigenvalue weighted by Crippen LogP contribution is 2.19. The van der Waals surface area contributed by atoms with Crippen LogP contribution in [0.25, 0.3) is 0 Å². The first-order valence-corrected chi connectivity index (χ1v) is 9.30. The molecule has 2 aromatic heterocycles. The molecule has 2 fully saturated rings. The average molecular weight is 355 g/mol. The van der Waals surface area contributed by atoms with Gasteiger partial charge in [0.1, 0.15) is 5.82 Å². The summed E-state index contributed by atoms with van der Waals surface area (Å²) in [5.41, 5.74) is 1.16. The third-order valence-corrected chi connectivity index (χ3v) is 4.88. The van der Waals surface area contributed by atoms with E-state index in [9.17, 15) is 0 Å². The molecule has 8 heteroatoms. The zero-order valence-electron chi connectivity index (χ0n) is 15.1. The van der Waals surface area contributed by atoms with Crippen LogP contribution >= 0.6 is 0 Å². The minimum Gasteiger partial charge on any atom is -0.378 e. The van der Waals surface area contributed by atoms with Crippen LogP contribution < -0.4 is 15.1 Å². The van der Waals surface area contributed by atoms with E-state index in [1.54, 1.807) is 0 Å². The molecule has 2 aromatic rings. The topological polar surface area (TPSA) is 79.3 Å². The summed E-state index contributed by atoms with van der Waals surface area (Å²) in [6.07, 6.45) is 7.63. The highest BCUT2D eigenvalue weighted by molar-refractivity contribution is 5.44. The number of hydrogen-bond acceptors (Lipinski definition) is 8. The van der Waals surface area contributed by atoms with E-state index in [-0.39, 0.29) is 0 Å². The summed E-state index contributed by atoms with van der Waals surface area (Å²) in [6, 6.07) is 2.25. The van der Waals surface area contributed by atoms with Gasteiger partial charge in [-0.05, 0) is 24.5 Å². The normalized spacial score (nSPS) is 20.4. The molecule has 0 radical (unpaired) electrons. The molecule has 2 aliphatic rings. The van der Waals surface area contributed by atoms with Crippen molar-refractivity contribution in [1.82, 2.24) is 19.9 Å². The van der Waals surface area contributed by atoms with E-state index in [1.165, 1.54) is 0 Å². The fourth-order valence-electron chi connectivity index (χ4n) is 3.32. The summed E-state index contributed by atoms with van der Waals surface area (Å²) >= 11 is 0. The smallest absolute Gasteiger partial charge is 0.225 e. The summed E-state index contributed by atoms with van der Waals surface area (Å²) in [4.78, 5) is 22.5. The van der Waals surface area contributed by atoms with Crippen LogP contribution in [0.5, 0.6) is 0 Å².